The van der Waals surface area contributed by atoms with Crippen LogP contribution in [-0.4, -0.2) is 26.5 Å². The van der Waals surface area contributed by atoms with Gasteiger partial charge in [0.15, 0.2) is 0 Å². The standard InChI is InChI=1S/C17H21N5O/c1-2-3-6-12-11-16(23)22-17(19-12)18-10-9-15-20-13-7-4-5-8-14(13)21-15/h4-5,7-8,11H,2-3,6,9-10H2,1H3,(H,20,21)(H2,18,19,22,23). The van der Waals surface area contributed by atoms with Crippen molar-refractivity contribution in [2.45, 2.75) is 32.6 Å². The molecule has 0 aliphatic carbocycles. The van der Waals surface area contributed by atoms with Gasteiger partial charge in [0.2, 0.25) is 5.95 Å². The van der Waals surface area contributed by atoms with Crippen molar-refractivity contribution in [1.82, 2.24) is 19.9 Å². The smallest absolute Gasteiger partial charge is 0.252 e. The minimum absolute atomic E-state index is 0.114. The van der Waals surface area contributed by atoms with Crippen molar-refractivity contribution in [3.8, 4) is 0 Å². The van der Waals surface area contributed by atoms with Crippen LogP contribution < -0.4 is 10.9 Å². The Morgan fingerprint density at radius 3 is 2.83 bits per heavy atom. The van der Waals surface area contributed by atoms with Crippen LogP contribution in [0.4, 0.5) is 5.95 Å². The summed E-state index contributed by atoms with van der Waals surface area (Å²) < 4.78 is 0. The highest BCUT2D eigenvalue weighted by Gasteiger charge is 2.04. The molecule has 2 aromatic heterocycles. The van der Waals surface area contributed by atoms with Crippen LogP contribution in [0, 0.1) is 0 Å². The minimum atomic E-state index is -0.114. The summed E-state index contributed by atoms with van der Waals surface area (Å²) in [6.45, 7) is 2.78. The second-order valence-electron chi connectivity index (χ2n) is 5.57. The normalized spacial score (nSPS) is 11.0. The summed E-state index contributed by atoms with van der Waals surface area (Å²) in [6, 6.07) is 9.52. The molecule has 0 aliphatic rings. The van der Waals surface area contributed by atoms with E-state index in [9.17, 15) is 4.79 Å². The maximum atomic E-state index is 11.7. The molecule has 0 unspecified atom stereocenters. The summed E-state index contributed by atoms with van der Waals surface area (Å²) in [5, 5.41) is 3.17. The van der Waals surface area contributed by atoms with Gasteiger partial charge in [0.1, 0.15) is 5.82 Å². The summed E-state index contributed by atoms with van der Waals surface area (Å²) in [5.41, 5.74) is 2.73. The van der Waals surface area contributed by atoms with Gasteiger partial charge < -0.3 is 10.3 Å². The molecule has 0 spiro atoms. The quantitative estimate of drug-likeness (QED) is 0.626. The van der Waals surface area contributed by atoms with Gasteiger partial charge in [0.05, 0.1) is 11.0 Å². The van der Waals surface area contributed by atoms with Crippen molar-refractivity contribution in [3.05, 3.63) is 52.2 Å². The summed E-state index contributed by atoms with van der Waals surface area (Å²) >= 11 is 0. The zero-order valence-corrected chi connectivity index (χ0v) is 13.2. The predicted molar refractivity (Wildman–Crippen MR) is 91.8 cm³/mol. The first-order chi connectivity index (χ1) is 11.2. The molecule has 0 fully saturated rings. The number of nitrogens with one attached hydrogen (secondary N) is 3. The number of fused-ring (bicyclic) bond motifs is 1. The fourth-order valence-corrected chi connectivity index (χ4v) is 2.50. The fourth-order valence-electron chi connectivity index (χ4n) is 2.50. The molecule has 3 N–H and O–H groups in total. The average molecular weight is 311 g/mol. The van der Waals surface area contributed by atoms with Gasteiger partial charge in [-0.3, -0.25) is 9.78 Å². The first kappa shape index (κ1) is 15.3. The van der Waals surface area contributed by atoms with Crippen molar-refractivity contribution in [2.24, 2.45) is 0 Å². The summed E-state index contributed by atoms with van der Waals surface area (Å²) in [7, 11) is 0. The molecule has 120 valence electrons. The monoisotopic (exact) mass is 311 g/mol. The van der Waals surface area contributed by atoms with Gasteiger partial charge in [0, 0.05) is 24.7 Å². The van der Waals surface area contributed by atoms with E-state index in [1.54, 1.807) is 6.07 Å². The molecular formula is C17H21N5O. The highest BCUT2D eigenvalue weighted by molar-refractivity contribution is 5.74. The van der Waals surface area contributed by atoms with Gasteiger partial charge in [-0.2, -0.15) is 0 Å². The van der Waals surface area contributed by atoms with E-state index >= 15 is 0 Å². The molecule has 3 aromatic rings. The van der Waals surface area contributed by atoms with Crippen LogP contribution in [0.5, 0.6) is 0 Å². The Labute approximate surface area is 134 Å². The number of benzene rings is 1. The number of hydrogen-bond acceptors (Lipinski definition) is 4. The van der Waals surface area contributed by atoms with E-state index in [1.807, 2.05) is 24.3 Å². The van der Waals surface area contributed by atoms with Gasteiger partial charge in [-0.05, 0) is 25.0 Å². The first-order valence-corrected chi connectivity index (χ1v) is 8.02. The zero-order chi connectivity index (χ0) is 16.1. The number of aromatic amines is 2. The Balaban J connectivity index is 1.61. The highest BCUT2D eigenvalue weighted by atomic mass is 16.1. The SMILES string of the molecule is CCCCc1cc(=O)[nH]c(NCCc2nc3ccccc3[nH]2)n1. The van der Waals surface area contributed by atoms with Crippen molar-refractivity contribution >= 4 is 17.0 Å². The van der Waals surface area contributed by atoms with Gasteiger partial charge in [-0.25, -0.2) is 9.97 Å². The van der Waals surface area contributed by atoms with Crippen LogP contribution in [0.25, 0.3) is 11.0 Å². The Kier molecular flexibility index (Phi) is 4.71. The van der Waals surface area contributed by atoms with Gasteiger partial charge in [0.25, 0.3) is 5.56 Å². The summed E-state index contributed by atoms with van der Waals surface area (Å²) in [4.78, 5) is 26.7. The lowest BCUT2D eigenvalue weighted by Gasteiger charge is -2.06. The van der Waals surface area contributed by atoms with Crippen LogP contribution >= 0.6 is 0 Å². The molecule has 1 aromatic carbocycles. The summed E-state index contributed by atoms with van der Waals surface area (Å²) in [6.07, 6.45) is 3.69. The van der Waals surface area contributed by atoms with E-state index in [-0.39, 0.29) is 5.56 Å². The fraction of sp³-hybridized carbons (Fsp3) is 0.353. The molecule has 0 saturated carbocycles. The molecule has 6 nitrogen and oxygen atoms in total. The number of para-hydroxylation sites is 2. The Morgan fingerprint density at radius 2 is 2.00 bits per heavy atom. The van der Waals surface area contributed by atoms with Crippen LogP contribution in [0.2, 0.25) is 0 Å². The topological polar surface area (TPSA) is 86.5 Å². The Morgan fingerprint density at radius 1 is 1.13 bits per heavy atom. The number of aryl methyl sites for hydroxylation is 1. The number of nitrogens with zero attached hydrogens (tertiary/aromatic N) is 2. The average Bonchev–Trinajstić information content (AvgIpc) is 2.95. The Hall–Kier alpha value is -2.63. The molecule has 0 saturated heterocycles. The van der Waals surface area contributed by atoms with E-state index < -0.39 is 0 Å². The molecule has 0 amide bonds. The van der Waals surface area contributed by atoms with Crippen LogP contribution in [0.15, 0.2) is 35.1 Å². The van der Waals surface area contributed by atoms with Gasteiger partial charge in [-0.1, -0.05) is 25.5 Å². The molecule has 0 aliphatic heterocycles. The zero-order valence-electron chi connectivity index (χ0n) is 13.2. The maximum Gasteiger partial charge on any atom is 0.252 e. The second-order valence-corrected chi connectivity index (χ2v) is 5.57. The number of H-pyrrole nitrogens is 2. The number of hydrogen-bond donors (Lipinski definition) is 3. The molecule has 3 rings (SSSR count). The van der Waals surface area contributed by atoms with Crippen LogP contribution in [0.3, 0.4) is 0 Å². The third kappa shape index (κ3) is 3.97. The maximum absolute atomic E-state index is 11.7. The molecule has 2 heterocycles. The van der Waals surface area contributed by atoms with Gasteiger partial charge >= 0.3 is 0 Å². The van der Waals surface area contributed by atoms with Gasteiger partial charge in [-0.15, -0.1) is 0 Å². The van der Waals surface area contributed by atoms with E-state index in [0.717, 1.165) is 48.2 Å². The third-order valence-electron chi connectivity index (χ3n) is 3.67. The lowest BCUT2D eigenvalue weighted by molar-refractivity contribution is 0.770. The molecule has 0 radical (unpaired) electrons. The molecule has 6 heteroatoms. The Bertz CT molecular complexity index is 803. The van der Waals surface area contributed by atoms with Crippen LogP contribution in [0.1, 0.15) is 31.3 Å². The molecule has 0 bridgehead atoms. The van der Waals surface area contributed by atoms with Crippen molar-refractivity contribution in [1.29, 1.82) is 0 Å². The highest BCUT2D eigenvalue weighted by Crippen LogP contribution is 2.10. The molecule has 0 atom stereocenters. The second kappa shape index (κ2) is 7.09. The van der Waals surface area contributed by atoms with E-state index in [1.165, 1.54) is 0 Å². The van der Waals surface area contributed by atoms with E-state index in [0.29, 0.717) is 12.5 Å². The minimum Gasteiger partial charge on any atom is -0.355 e. The number of unbranched alkanes of at least 4 members (excludes halogenated alkanes) is 1. The van der Waals surface area contributed by atoms with Crippen molar-refractivity contribution in [3.63, 3.8) is 0 Å². The predicted octanol–water partition coefficient (Wildman–Crippen LogP) is 2.64. The lowest BCUT2D eigenvalue weighted by atomic mass is 10.2. The van der Waals surface area contributed by atoms with Crippen molar-refractivity contribution in [2.75, 3.05) is 11.9 Å². The molecular weight excluding hydrogens is 290 g/mol. The molecule has 23 heavy (non-hydrogen) atoms. The van der Waals surface area contributed by atoms with Crippen molar-refractivity contribution < 1.29 is 0 Å². The van der Waals surface area contributed by atoms with E-state index in [2.05, 4.69) is 32.2 Å². The third-order valence-corrected chi connectivity index (χ3v) is 3.67. The number of imidazole rings is 1. The van der Waals surface area contributed by atoms with Crippen LogP contribution in [-0.2, 0) is 12.8 Å². The lowest BCUT2D eigenvalue weighted by Crippen LogP contribution is -2.16. The number of aromatic nitrogens is 4. The number of rotatable bonds is 7. The first-order valence-electron chi connectivity index (χ1n) is 8.02. The summed E-state index contributed by atoms with van der Waals surface area (Å²) in [5.74, 6) is 1.45. The largest absolute Gasteiger partial charge is 0.355 e. The van der Waals surface area contributed by atoms with E-state index in [4.69, 9.17) is 0 Å². The number of anilines is 1.